The summed E-state index contributed by atoms with van der Waals surface area (Å²) in [5.74, 6) is 0.956. The Labute approximate surface area is 109 Å². The predicted molar refractivity (Wildman–Crippen MR) is 71.7 cm³/mol. The number of anilines is 1. The summed E-state index contributed by atoms with van der Waals surface area (Å²) < 4.78 is 5.42. The lowest BCUT2D eigenvalue weighted by atomic mass is 10.1. The van der Waals surface area contributed by atoms with E-state index in [0.29, 0.717) is 6.10 Å². The molecule has 5 heteroatoms. The van der Waals surface area contributed by atoms with Crippen LogP contribution in [0.1, 0.15) is 25.5 Å². The van der Waals surface area contributed by atoms with Crippen LogP contribution in [0.15, 0.2) is 12.4 Å². The number of nitrogens with one attached hydrogen (secondary N) is 1. The molecule has 1 saturated heterocycles. The number of aromatic nitrogens is 2. The summed E-state index contributed by atoms with van der Waals surface area (Å²) in [6.07, 6.45) is 6.33. The maximum Gasteiger partial charge on any atom is 0.147 e. The second kappa shape index (κ2) is 6.66. The second-order valence-electron chi connectivity index (χ2n) is 4.59. The summed E-state index contributed by atoms with van der Waals surface area (Å²) >= 11 is 0. The van der Waals surface area contributed by atoms with Gasteiger partial charge in [-0.2, -0.15) is 0 Å². The van der Waals surface area contributed by atoms with Gasteiger partial charge in [0.25, 0.3) is 0 Å². The van der Waals surface area contributed by atoms with Gasteiger partial charge in [-0.3, -0.25) is 4.98 Å². The molecule has 0 amide bonds. The van der Waals surface area contributed by atoms with Gasteiger partial charge in [0, 0.05) is 26.7 Å². The number of piperidine rings is 1. The lowest BCUT2D eigenvalue weighted by Crippen LogP contribution is -2.39. The first-order chi connectivity index (χ1) is 8.83. The Morgan fingerprint density at radius 1 is 1.44 bits per heavy atom. The van der Waals surface area contributed by atoms with E-state index < -0.39 is 0 Å². The molecule has 0 spiro atoms. The van der Waals surface area contributed by atoms with E-state index in [1.165, 1.54) is 0 Å². The molecule has 0 bridgehead atoms. The van der Waals surface area contributed by atoms with Crippen LogP contribution in [0.3, 0.4) is 0 Å². The Morgan fingerprint density at radius 2 is 2.33 bits per heavy atom. The predicted octanol–water partition coefficient (Wildman–Crippen LogP) is 1.20. The number of methoxy groups -OCH3 is 1. The Morgan fingerprint density at radius 3 is 3.00 bits per heavy atom. The van der Waals surface area contributed by atoms with Crippen molar-refractivity contribution in [2.75, 3.05) is 31.6 Å². The molecule has 1 aliphatic rings. The SMILES string of the molecule is CCNCc1cnc(N2CCCC(OC)C2)cn1. The zero-order valence-corrected chi connectivity index (χ0v) is 11.2. The number of hydrogen-bond acceptors (Lipinski definition) is 5. The molecule has 0 radical (unpaired) electrons. The van der Waals surface area contributed by atoms with Crippen LogP contribution < -0.4 is 10.2 Å². The summed E-state index contributed by atoms with van der Waals surface area (Å²) in [5.41, 5.74) is 0.987. The fourth-order valence-electron chi connectivity index (χ4n) is 2.19. The molecule has 1 aromatic rings. The summed E-state index contributed by atoms with van der Waals surface area (Å²) in [6, 6.07) is 0. The van der Waals surface area contributed by atoms with Crippen molar-refractivity contribution >= 4 is 5.82 Å². The Kier molecular flexibility index (Phi) is 4.90. The van der Waals surface area contributed by atoms with Crippen molar-refractivity contribution in [2.45, 2.75) is 32.4 Å². The van der Waals surface area contributed by atoms with Crippen LogP contribution in [-0.2, 0) is 11.3 Å². The van der Waals surface area contributed by atoms with Gasteiger partial charge in [0.2, 0.25) is 0 Å². The van der Waals surface area contributed by atoms with Crippen LogP contribution in [0.4, 0.5) is 5.82 Å². The number of ether oxygens (including phenoxy) is 1. The second-order valence-corrected chi connectivity index (χ2v) is 4.59. The minimum atomic E-state index is 0.321. The highest BCUT2D eigenvalue weighted by atomic mass is 16.5. The Bertz CT molecular complexity index is 355. The van der Waals surface area contributed by atoms with E-state index in [0.717, 1.165) is 50.5 Å². The van der Waals surface area contributed by atoms with Crippen molar-refractivity contribution in [3.8, 4) is 0 Å². The van der Waals surface area contributed by atoms with Crippen LogP contribution in [-0.4, -0.2) is 42.8 Å². The molecule has 1 unspecified atom stereocenters. The van der Waals surface area contributed by atoms with E-state index in [2.05, 4.69) is 27.1 Å². The largest absolute Gasteiger partial charge is 0.380 e. The average Bonchev–Trinajstić information content (AvgIpc) is 2.46. The molecule has 100 valence electrons. The lowest BCUT2D eigenvalue weighted by Gasteiger charge is -2.32. The quantitative estimate of drug-likeness (QED) is 0.851. The monoisotopic (exact) mass is 250 g/mol. The third kappa shape index (κ3) is 3.40. The minimum Gasteiger partial charge on any atom is -0.380 e. The van der Waals surface area contributed by atoms with Gasteiger partial charge in [0.05, 0.1) is 24.2 Å². The van der Waals surface area contributed by atoms with Gasteiger partial charge in [-0.25, -0.2) is 4.98 Å². The lowest BCUT2D eigenvalue weighted by molar-refractivity contribution is 0.0891. The fourth-order valence-corrected chi connectivity index (χ4v) is 2.19. The smallest absolute Gasteiger partial charge is 0.147 e. The molecule has 2 rings (SSSR count). The molecule has 0 aromatic carbocycles. The third-order valence-corrected chi connectivity index (χ3v) is 3.28. The molecular weight excluding hydrogens is 228 g/mol. The number of nitrogens with zero attached hydrogens (tertiary/aromatic N) is 3. The van der Waals surface area contributed by atoms with Crippen LogP contribution in [0.25, 0.3) is 0 Å². The molecule has 5 nitrogen and oxygen atoms in total. The van der Waals surface area contributed by atoms with Gasteiger partial charge in [0.1, 0.15) is 5.82 Å². The molecular formula is C13H22N4O. The van der Waals surface area contributed by atoms with Crippen molar-refractivity contribution in [2.24, 2.45) is 0 Å². The third-order valence-electron chi connectivity index (χ3n) is 3.28. The van der Waals surface area contributed by atoms with E-state index in [-0.39, 0.29) is 0 Å². The van der Waals surface area contributed by atoms with Gasteiger partial charge < -0.3 is 15.0 Å². The molecule has 1 aliphatic heterocycles. The molecule has 1 atom stereocenters. The zero-order valence-electron chi connectivity index (χ0n) is 11.2. The van der Waals surface area contributed by atoms with Crippen LogP contribution in [0, 0.1) is 0 Å². The highest BCUT2D eigenvalue weighted by molar-refractivity contribution is 5.36. The maximum absolute atomic E-state index is 5.42. The zero-order chi connectivity index (χ0) is 12.8. The van der Waals surface area contributed by atoms with Crippen LogP contribution >= 0.6 is 0 Å². The fraction of sp³-hybridized carbons (Fsp3) is 0.692. The van der Waals surface area contributed by atoms with Crippen molar-refractivity contribution in [3.05, 3.63) is 18.1 Å². The van der Waals surface area contributed by atoms with Gasteiger partial charge in [-0.15, -0.1) is 0 Å². The first-order valence-electron chi connectivity index (χ1n) is 6.63. The van der Waals surface area contributed by atoms with E-state index in [1.807, 2.05) is 12.4 Å². The normalized spacial score (nSPS) is 20.1. The first kappa shape index (κ1) is 13.2. The molecule has 1 N–H and O–H groups in total. The van der Waals surface area contributed by atoms with Gasteiger partial charge in [-0.1, -0.05) is 6.92 Å². The van der Waals surface area contributed by atoms with Crippen molar-refractivity contribution in [1.82, 2.24) is 15.3 Å². The molecule has 18 heavy (non-hydrogen) atoms. The molecule has 0 aliphatic carbocycles. The van der Waals surface area contributed by atoms with Crippen LogP contribution in [0.5, 0.6) is 0 Å². The maximum atomic E-state index is 5.42. The first-order valence-corrected chi connectivity index (χ1v) is 6.63. The number of rotatable bonds is 5. The van der Waals surface area contributed by atoms with Crippen molar-refractivity contribution < 1.29 is 4.74 Å². The highest BCUT2D eigenvalue weighted by Gasteiger charge is 2.20. The van der Waals surface area contributed by atoms with Gasteiger partial charge in [-0.05, 0) is 19.4 Å². The van der Waals surface area contributed by atoms with Crippen LogP contribution in [0.2, 0.25) is 0 Å². The molecule has 2 heterocycles. The van der Waals surface area contributed by atoms with Gasteiger partial charge in [0.15, 0.2) is 0 Å². The summed E-state index contributed by atoms with van der Waals surface area (Å²) in [4.78, 5) is 11.2. The van der Waals surface area contributed by atoms with Crippen molar-refractivity contribution in [3.63, 3.8) is 0 Å². The molecule has 1 aromatic heterocycles. The van der Waals surface area contributed by atoms with E-state index in [9.17, 15) is 0 Å². The Balaban J connectivity index is 1.96. The summed E-state index contributed by atoms with van der Waals surface area (Å²) in [7, 11) is 1.78. The standard InChI is InChI=1S/C13H22N4O/c1-3-14-7-11-8-16-13(9-15-11)17-6-4-5-12(10-17)18-2/h8-9,12,14H,3-7,10H2,1-2H3. The summed E-state index contributed by atoms with van der Waals surface area (Å²) in [5, 5.41) is 3.24. The highest BCUT2D eigenvalue weighted by Crippen LogP contribution is 2.18. The minimum absolute atomic E-state index is 0.321. The van der Waals surface area contributed by atoms with E-state index >= 15 is 0 Å². The number of hydrogen-bond donors (Lipinski definition) is 1. The Hall–Kier alpha value is -1.20. The van der Waals surface area contributed by atoms with Crippen molar-refractivity contribution in [1.29, 1.82) is 0 Å². The van der Waals surface area contributed by atoms with E-state index in [4.69, 9.17) is 4.74 Å². The molecule has 0 saturated carbocycles. The van der Waals surface area contributed by atoms with Gasteiger partial charge >= 0.3 is 0 Å². The van der Waals surface area contributed by atoms with E-state index in [1.54, 1.807) is 7.11 Å². The summed E-state index contributed by atoms with van der Waals surface area (Å²) in [6.45, 7) is 5.77. The topological polar surface area (TPSA) is 50.3 Å². The molecule has 1 fully saturated rings. The average molecular weight is 250 g/mol.